The molecule has 0 aliphatic heterocycles. The van der Waals surface area contributed by atoms with Gasteiger partial charge in [0.25, 0.3) is 0 Å². The summed E-state index contributed by atoms with van der Waals surface area (Å²) in [6, 6.07) is 2.10. The molecule has 0 aromatic carbocycles. The number of hydrogen-bond donors (Lipinski definition) is 1. The van der Waals surface area contributed by atoms with E-state index in [0.29, 0.717) is 0 Å². The molecule has 1 nitrogen and oxygen atoms in total. The molecule has 13 heavy (non-hydrogen) atoms. The van der Waals surface area contributed by atoms with Gasteiger partial charge in [-0.3, -0.25) is 5.32 Å². The standard InChI is InChI=1S/C10H12BrNS/c1-4-10(2,3)12-6-8-5-9(11)13-7-8/h1,5,7,12H,6H2,2-3H3. The van der Waals surface area contributed by atoms with Crippen LogP contribution in [0.15, 0.2) is 15.2 Å². The molecule has 70 valence electrons. The second-order valence-electron chi connectivity index (χ2n) is 3.38. The van der Waals surface area contributed by atoms with Gasteiger partial charge in [0.05, 0.1) is 9.33 Å². The lowest BCUT2D eigenvalue weighted by atomic mass is 10.1. The van der Waals surface area contributed by atoms with Crippen LogP contribution in [0.4, 0.5) is 0 Å². The van der Waals surface area contributed by atoms with Gasteiger partial charge in [-0.2, -0.15) is 0 Å². The molecular weight excluding hydrogens is 246 g/mol. The highest BCUT2D eigenvalue weighted by atomic mass is 79.9. The first-order valence-corrected chi connectivity index (χ1v) is 5.66. The zero-order valence-electron chi connectivity index (χ0n) is 7.73. The molecule has 1 aromatic heterocycles. The molecule has 0 saturated heterocycles. The van der Waals surface area contributed by atoms with Crippen molar-refractivity contribution in [2.24, 2.45) is 0 Å². The number of rotatable bonds is 3. The fourth-order valence-corrected chi connectivity index (χ4v) is 2.02. The smallest absolute Gasteiger partial charge is 0.0743 e. The van der Waals surface area contributed by atoms with Gasteiger partial charge in [0, 0.05) is 6.54 Å². The molecule has 0 unspecified atom stereocenters. The Bertz CT molecular complexity index is 322. The molecule has 1 rings (SSSR count). The molecule has 0 bridgehead atoms. The molecule has 0 aliphatic rings. The molecule has 0 radical (unpaired) electrons. The topological polar surface area (TPSA) is 12.0 Å². The van der Waals surface area contributed by atoms with Gasteiger partial charge in [-0.05, 0) is 46.8 Å². The first-order valence-electron chi connectivity index (χ1n) is 3.99. The summed E-state index contributed by atoms with van der Waals surface area (Å²) < 4.78 is 1.16. The molecule has 0 amide bonds. The Morgan fingerprint density at radius 3 is 2.85 bits per heavy atom. The van der Waals surface area contributed by atoms with Crippen LogP contribution in [0.2, 0.25) is 0 Å². The van der Waals surface area contributed by atoms with E-state index in [0.717, 1.165) is 10.3 Å². The maximum atomic E-state index is 5.36. The highest BCUT2D eigenvalue weighted by Gasteiger charge is 2.12. The number of terminal acetylenes is 1. The van der Waals surface area contributed by atoms with E-state index in [1.54, 1.807) is 11.3 Å². The summed E-state index contributed by atoms with van der Waals surface area (Å²) in [5.74, 6) is 2.70. The summed E-state index contributed by atoms with van der Waals surface area (Å²) in [6.07, 6.45) is 5.36. The van der Waals surface area contributed by atoms with Crippen molar-refractivity contribution in [2.45, 2.75) is 25.9 Å². The van der Waals surface area contributed by atoms with Crippen LogP contribution in [-0.4, -0.2) is 5.54 Å². The van der Waals surface area contributed by atoms with E-state index >= 15 is 0 Å². The number of halogens is 1. The largest absolute Gasteiger partial charge is 0.297 e. The third-order valence-electron chi connectivity index (χ3n) is 1.72. The highest BCUT2D eigenvalue weighted by molar-refractivity contribution is 9.11. The van der Waals surface area contributed by atoms with Gasteiger partial charge in [-0.25, -0.2) is 0 Å². The van der Waals surface area contributed by atoms with E-state index in [9.17, 15) is 0 Å². The molecule has 0 spiro atoms. The summed E-state index contributed by atoms with van der Waals surface area (Å²) in [5, 5.41) is 5.40. The molecule has 0 fully saturated rings. The Hall–Kier alpha value is -0.300. The van der Waals surface area contributed by atoms with Crippen LogP contribution in [0, 0.1) is 12.3 Å². The summed E-state index contributed by atoms with van der Waals surface area (Å²) in [6.45, 7) is 4.81. The Morgan fingerprint density at radius 2 is 2.38 bits per heavy atom. The molecule has 1 N–H and O–H groups in total. The summed E-state index contributed by atoms with van der Waals surface area (Å²) in [5.41, 5.74) is 1.04. The van der Waals surface area contributed by atoms with Crippen molar-refractivity contribution in [1.29, 1.82) is 0 Å². The van der Waals surface area contributed by atoms with Crippen LogP contribution in [0.5, 0.6) is 0 Å². The Labute approximate surface area is 91.7 Å². The van der Waals surface area contributed by atoms with Crippen LogP contribution < -0.4 is 5.32 Å². The van der Waals surface area contributed by atoms with E-state index < -0.39 is 0 Å². The van der Waals surface area contributed by atoms with Crippen molar-refractivity contribution in [3.8, 4) is 12.3 Å². The van der Waals surface area contributed by atoms with Gasteiger partial charge >= 0.3 is 0 Å². The van der Waals surface area contributed by atoms with E-state index in [-0.39, 0.29) is 5.54 Å². The first-order chi connectivity index (χ1) is 6.03. The van der Waals surface area contributed by atoms with Crippen molar-refractivity contribution in [2.75, 3.05) is 0 Å². The van der Waals surface area contributed by atoms with Gasteiger partial charge in [0.2, 0.25) is 0 Å². The van der Waals surface area contributed by atoms with Crippen LogP contribution >= 0.6 is 27.3 Å². The average molecular weight is 258 g/mol. The third kappa shape index (κ3) is 3.51. The summed E-state index contributed by atoms with van der Waals surface area (Å²) in [7, 11) is 0. The Balaban J connectivity index is 2.49. The second-order valence-corrected chi connectivity index (χ2v) is 5.67. The third-order valence-corrected chi connectivity index (χ3v) is 3.27. The highest BCUT2D eigenvalue weighted by Crippen LogP contribution is 2.20. The fourth-order valence-electron chi connectivity index (χ4n) is 0.813. The zero-order chi connectivity index (χ0) is 9.90. The molecule has 1 aromatic rings. The molecular formula is C10H12BrNS. The van der Waals surface area contributed by atoms with Gasteiger partial charge < -0.3 is 0 Å². The number of nitrogens with one attached hydrogen (secondary N) is 1. The fraction of sp³-hybridized carbons (Fsp3) is 0.400. The lowest BCUT2D eigenvalue weighted by molar-refractivity contribution is 0.491. The quantitative estimate of drug-likeness (QED) is 0.822. The van der Waals surface area contributed by atoms with Crippen LogP contribution in [0.1, 0.15) is 19.4 Å². The summed E-state index contributed by atoms with van der Waals surface area (Å²) in [4.78, 5) is 0. The van der Waals surface area contributed by atoms with E-state index in [2.05, 4.69) is 38.6 Å². The Morgan fingerprint density at radius 1 is 1.69 bits per heavy atom. The van der Waals surface area contributed by atoms with Crippen LogP contribution in [0.3, 0.4) is 0 Å². The predicted octanol–water partition coefficient (Wildman–Crippen LogP) is 3.01. The van der Waals surface area contributed by atoms with Crippen molar-refractivity contribution in [1.82, 2.24) is 5.32 Å². The number of thiophene rings is 1. The monoisotopic (exact) mass is 257 g/mol. The van der Waals surface area contributed by atoms with Crippen LogP contribution in [0.25, 0.3) is 0 Å². The van der Waals surface area contributed by atoms with Crippen molar-refractivity contribution < 1.29 is 0 Å². The molecule has 0 aliphatic carbocycles. The normalized spacial score (nSPS) is 11.2. The average Bonchev–Trinajstić information content (AvgIpc) is 2.48. The first kappa shape index (κ1) is 10.8. The van der Waals surface area contributed by atoms with Crippen molar-refractivity contribution >= 4 is 27.3 Å². The minimum absolute atomic E-state index is 0.228. The van der Waals surface area contributed by atoms with Gasteiger partial charge in [-0.1, -0.05) is 5.92 Å². The molecule has 3 heteroatoms. The zero-order valence-corrected chi connectivity index (χ0v) is 10.1. The van der Waals surface area contributed by atoms with E-state index in [1.165, 1.54) is 5.56 Å². The SMILES string of the molecule is C#CC(C)(C)NCc1csc(Br)c1. The van der Waals surface area contributed by atoms with E-state index in [1.807, 2.05) is 13.8 Å². The summed E-state index contributed by atoms with van der Waals surface area (Å²) >= 11 is 5.11. The lowest BCUT2D eigenvalue weighted by Crippen LogP contribution is -2.36. The Kier molecular flexibility index (Phi) is 3.55. The van der Waals surface area contributed by atoms with Crippen molar-refractivity contribution in [3.63, 3.8) is 0 Å². The minimum atomic E-state index is -0.228. The minimum Gasteiger partial charge on any atom is -0.297 e. The predicted molar refractivity (Wildman–Crippen MR) is 61.8 cm³/mol. The van der Waals surface area contributed by atoms with E-state index in [4.69, 9.17) is 6.42 Å². The maximum absolute atomic E-state index is 5.36. The second kappa shape index (κ2) is 4.28. The molecule has 1 heterocycles. The van der Waals surface area contributed by atoms with Gasteiger partial charge in [-0.15, -0.1) is 17.8 Å². The van der Waals surface area contributed by atoms with Gasteiger partial charge in [0.15, 0.2) is 0 Å². The van der Waals surface area contributed by atoms with Gasteiger partial charge in [0.1, 0.15) is 0 Å². The molecule has 0 atom stereocenters. The number of hydrogen-bond acceptors (Lipinski definition) is 2. The maximum Gasteiger partial charge on any atom is 0.0743 e. The van der Waals surface area contributed by atoms with Crippen molar-refractivity contribution in [3.05, 3.63) is 20.8 Å². The molecule has 0 saturated carbocycles. The lowest BCUT2D eigenvalue weighted by Gasteiger charge is -2.18. The van der Waals surface area contributed by atoms with Crippen LogP contribution in [-0.2, 0) is 6.54 Å².